The molecule has 5 rings (SSSR count). The second-order valence-electron chi connectivity index (χ2n) is 8.69. The van der Waals surface area contributed by atoms with E-state index in [0.29, 0.717) is 21.8 Å². The molecule has 5 aromatic rings. The van der Waals surface area contributed by atoms with Gasteiger partial charge in [-0.1, -0.05) is 66.7 Å². The van der Waals surface area contributed by atoms with E-state index in [1.165, 1.54) is 12.4 Å². The Bertz CT molecular complexity index is 1630. The number of fused-ring (bicyclic) bond motifs is 2. The maximum Gasteiger partial charge on any atom is 0.182 e. The van der Waals surface area contributed by atoms with E-state index in [2.05, 4.69) is 9.97 Å². The third-order valence-electron chi connectivity index (χ3n) is 6.63. The second-order valence-corrected chi connectivity index (χ2v) is 8.69. The standard InChI is InChI=1S/C30H20N4O3/c31-14-21(29(36)23-16-33-25-12-6-4-10-19(23)25)27(28(35)18-8-2-1-3-9-18)22(15-32)30(37)24-17-34-26-13-7-5-11-20(24)26/h1-13,16-17,21-22,27,33-34H/t21-,22-/m1/s1. The summed E-state index contributed by atoms with van der Waals surface area (Å²) in [6.07, 6.45) is 2.98. The van der Waals surface area contributed by atoms with Crippen LogP contribution in [0.5, 0.6) is 0 Å². The van der Waals surface area contributed by atoms with Crippen LogP contribution in [-0.2, 0) is 0 Å². The number of nitrogens with zero attached hydrogens (tertiary/aromatic N) is 2. The van der Waals surface area contributed by atoms with Crippen LogP contribution in [0.4, 0.5) is 0 Å². The van der Waals surface area contributed by atoms with Crippen molar-refractivity contribution in [3.05, 3.63) is 108 Å². The third-order valence-corrected chi connectivity index (χ3v) is 6.63. The number of nitriles is 2. The lowest BCUT2D eigenvalue weighted by molar-refractivity contribution is 0.0722. The average molecular weight is 485 g/mol. The van der Waals surface area contributed by atoms with Crippen molar-refractivity contribution < 1.29 is 14.4 Å². The van der Waals surface area contributed by atoms with Crippen LogP contribution in [0.2, 0.25) is 0 Å². The molecule has 0 unspecified atom stereocenters. The molecule has 0 amide bonds. The van der Waals surface area contributed by atoms with Crippen molar-refractivity contribution >= 4 is 39.2 Å². The molecule has 0 bridgehead atoms. The van der Waals surface area contributed by atoms with Crippen LogP contribution in [0.25, 0.3) is 21.8 Å². The van der Waals surface area contributed by atoms with Crippen LogP contribution in [0.15, 0.2) is 91.3 Å². The first kappa shape index (κ1) is 23.5. The number of aromatic amines is 2. The van der Waals surface area contributed by atoms with E-state index >= 15 is 0 Å². The Morgan fingerprint density at radius 1 is 0.595 bits per heavy atom. The molecule has 0 fully saturated rings. The molecular formula is C30H20N4O3. The summed E-state index contributed by atoms with van der Waals surface area (Å²) in [4.78, 5) is 47.3. The fourth-order valence-corrected chi connectivity index (χ4v) is 4.78. The van der Waals surface area contributed by atoms with E-state index in [0.717, 1.165) is 0 Å². The third kappa shape index (κ3) is 4.09. The van der Waals surface area contributed by atoms with Gasteiger partial charge in [0.15, 0.2) is 17.3 Å². The predicted octanol–water partition coefficient (Wildman–Crippen LogP) is 5.49. The van der Waals surface area contributed by atoms with Crippen LogP contribution < -0.4 is 0 Å². The van der Waals surface area contributed by atoms with Gasteiger partial charge in [-0.05, 0) is 12.1 Å². The van der Waals surface area contributed by atoms with Gasteiger partial charge in [0.25, 0.3) is 0 Å². The smallest absolute Gasteiger partial charge is 0.182 e. The number of benzene rings is 3. The zero-order chi connectivity index (χ0) is 25.9. The molecule has 0 aliphatic rings. The van der Waals surface area contributed by atoms with Crippen molar-refractivity contribution in [3.8, 4) is 12.1 Å². The number of hydrogen-bond donors (Lipinski definition) is 2. The molecule has 2 aromatic heterocycles. The molecule has 0 aliphatic heterocycles. The minimum atomic E-state index is -1.56. The zero-order valence-electron chi connectivity index (χ0n) is 19.5. The Balaban J connectivity index is 1.63. The largest absolute Gasteiger partial charge is 0.360 e. The molecule has 0 saturated heterocycles. The van der Waals surface area contributed by atoms with Gasteiger partial charge in [0, 0.05) is 50.9 Å². The zero-order valence-corrected chi connectivity index (χ0v) is 19.5. The van der Waals surface area contributed by atoms with Gasteiger partial charge in [0.1, 0.15) is 11.8 Å². The summed E-state index contributed by atoms with van der Waals surface area (Å²) in [5, 5.41) is 21.6. The van der Waals surface area contributed by atoms with Gasteiger partial charge in [-0.3, -0.25) is 14.4 Å². The van der Waals surface area contributed by atoms with Crippen LogP contribution >= 0.6 is 0 Å². The van der Waals surface area contributed by atoms with E-state index in [-0.39, 0.29) is 16.7 Å². The summed E-state index contributed by atoms with van der Waals surface area (Å²) >= 11 is 0. The monoisotopic (exact) mass is 484 g/mol. The lowest BCUT2D eigenvalue weighted by Gasteiger charge is -2.23. The van der Waals surface area contributed by atoms with Crippen LogP contribution in [0.1, 0.15) is 31.1 Å². The predicted molar refractivity (Wildman–Crippen MR) is 138 cm³/mol. The summed E-state index contributed by atoms with van der Waals surface area (Å²) in [5.74, 6) is -6.50. The van der Waals surface area contributed by atoms with Crippen molar-refractivity contribution in [3.63, 3.8) is 0 Å². The summed E-state index contributed by atoms with van der Waals surface area (Å²) < 4.78 is 0. The minimum absolute atomic E-state index is 0.214. The summed E-state index contributed by atoms with van der Waals surface area (Å²) in [6, 6.07) is 26.2. The summed E-state index contributed by atoms with van der Waals surface area (Å²) in [6.45, 7) is 0. The number of Topliss-reactive ketones (excluding diaryl/α,β-unsaturated/α-hetero) is 3. The van der Waals surface area contributed by atoms with Crippen molar-refractivity contribution in [2.45, 2.75) is 0 Å². The highest BCUT2D eigenvalue weighted by atomic mass is 16.1. The minimum Gasteiger partial charge on any atom is -0.360 e. The molecule has 0 aliphatic carbocycles. The fraction of sp³-hybridized carbons (Fsp3) is 0.100. The first-order valence-electron chi connectivity index (χ1n) is 11.6. The Hall–Kier alpha value is -5.27. The van der Waals surface area contributed by atoms with Gasteiger partial charge in [-0.15, -0.1) is 0 Å². The van der Waals surface area contributed by atoms with Crippen LogP contribution in [-0.4, -0.2) is 27.3 Å². The number of H-pyrrole nitrogens is 2. The molecule has 7 nitrogen and oxygen atoms in total. The molecule has 2 heterocycles. The maximum absolute atomic E-state index is 13.8. The molecule has 2 atom stereocenters. The molecule has 0 saturated carbocycles. The van der Waals surface area contributed by atoms with E-state index in [1.54, 1.807) is 66.7 Å². The lowest BCUT2D eigenvalue weighted by atomic mass is 9.72. The lowest BCUT2D eigenvalue weighted by Crippen LogP contribution is -2.38. The highest BCUT2D eigenvalue weighted by Crippen LogP contribution is 2.33. The van der Waals surface area contributed by atoms with Gasteiger partial charge < -0.3 is 9.97 Å². The molecular weight excluding hydrogens is 464 g/mol. The van der Waals surface area contributed by atoms with Gasteiger partial charge in [0.05, 0.1) is 18.1 Å². The van der Waals surface area contributed by atoms with Gasteiger partial charge in [0.2, 0.25) is 0 Å². The number of para-hydroxylation sites is 2. The average Bonchev–Trinajstić information content (AvgIpc) is 3.57. The summed E-state index contributed by atoms with van der Waals surface area (Å²) in [7, 11) is 0. The number of rotatable bonds is 8. The molecule has 178 valence electrons. The van der Waals surface area contributed by atoms with Crippen LogP contribution in [0.3, 0.4) is 0 Å². The quantitative estimate of drug-likeness (QED) is 0.281. The van der Waals surface area contributed by atoms with Crippen molar-refractivity contribution in [2.75, 3.05) is 0 Å². The molecule has 2 N–H and O–H groups in total. The Labute approximate surface area is 212 Å². The second kappa shape index (κ2) is 9.77. The topological polar surface area (TPSA) is 130 Å². The first-order chi connectivity index (χ1) is 18.0. The van der Waals surface area contributed by atoms with Gasteiger partial charge in [-0.25, -0.2) is 0 Å². The van der Waals surface area contributed by atoms with Crippen molar-refractivity contribution in [1.29, 1.82) is 10.5 Å². The number of carbonyl (C=O) groups excluding carboxylic acids is 3. The van der Waals surface area contributed by atoms with Gasteiger partial charge >= 0.3 is 0 Å². The number of ketones is 3. The summed E-state index contributed by atoms with van der Waals surface area (Å²) in [5.41, 5.74) is 2.06. The van der Waals surface area contributed by atoms with Gasteiger partial charge in [-0.2, -0.15) is 10.5 Å². The van der Waals surface area contributed by atoms with E-state index in [4.69, 9.17) is 0 Å². The van der Waals surface area contributed by atoms with Crippen molar-refractivity contribution in [2.24, 2.45) is 17.8 Å². The SMILES string of the molecule is N#C[C@@H](C(=O)c1c[nH]c2ccccc12)C(C(=O)c1ccccc1)[C@@H](C#N)C(=O)c1c[nH]c2ccccc12. The molecule has 0 spiro atoms. The number of hydrogen-bond acceptors (Lipinski definition) is 5. The number of nitrogens with one attached hydrogen (secondary N) is 2. The first-order valence-corrected chi connectivity index (χ1v) is 11.6. The molecule has 37 heavy (non-hydrogen) atoms. The normalized spacial score (nSPS) is 12.6. The van der Waals surface area contributed by atoms with Crippen molar-refractivity contribution in [1.82, 2.24) is 9.97 Å². The fourth-order valence-electron chi connectivity index (χ4n) is 4.78. The Morgan fingerprint density at radius 2 is 1.03 bits per heavy atom. The highest BCUT2D eigenvalue weighted by molar-refractivity contribution is 6.16. The Kier molecular flexibility index (Phi) is 6.20. The van der Waals surface area contributed by atoms with E-state index in [9.17, 15) is 24.9 Å². The van der Waals surface area contributed by atoms with E-state index in [1.807, 2.05) is 24.3 Å². The van der Waals surface area contributed by atoms with E-state index < -0.39 is 35.1 Å². The highest BCUT2D eigenvalue weighted by Gasteiger charge is 2.44. The number of aromatic nitrogens is 2. The Morgan fingerprint density at radius 3 is 1.49 bits per heavy atom. The molecule has 7 heteroatoms. The van der Waals surface area contributed by atoms with Crippen LogP contribution in [0, 0.1) is 40.4 Å². The molecule has 0 radical (unpaired) electrons. The molecule has 3 aromatic carbocycles. The number of carbonyl (C=O) groups is 3. The maximum atomic E-state index is 13.8.